The number of piperidine rings is 1. The molecule has 20 heavy (non-hydrogen) atoms. The van der Waals surface area contributed by atoms with Gasteiger partial charge >= 0.3 is 0 Å². The molecule has 4 heteroatoms. The quantitative estimate of drug-likeness (QED) is 0.784. The highest BCUT2D eigenvalue weighted by Gasteiger charge is 2.31. The second-order valence-electron chi connectivity index (χ2n) is 7.16. The minimum atomic E-state index is -0.407. The van der Waals surface area contributed by atoms with Gasteiger partial charge in [-0.05, 0) is 45.1 Å². The van der Waals surface area contributed by atoms with Gasteiger partial charge in [-0.15, -0.1) is 0 Å². The van der Waals surface area contributed by atoms with Crippen LogP contribution in [0.3, 0.4) is 0 Å². The predicted octanol–water partition coefficient (Wildman–Crippen LogP) is 1.99. The SMILES string of the molecule is CCC1CCCN(C(C)(C)CNC(=O)[C@@H](N)C(C)C)C1. The zero-order chi connectivity index (χ0) is 15.3. The van der Waals surface area contributed by atoms with E-state index in [1.807, 2.05) is 13.8 Å². The molecule has 1 aliphatic rings. The van der Waals surface area contributed by atoms with E-state index in [1.165, 1.54) is 19.3 Å². The lowest BCUT2D eigenvalue weighted by Crippen LogP contribution is -2.56. The maximum atomic E-state index is 12.0. The molecule has 0 bridgehead atoms. The average molecular weight is 283 g/mol. The molecule has 1 aliphatic heterocycles. The summed E-state index contributed by atoms with van der Waals surface area (Å²) in [5.41, 5.74) is 5.89. The summed E-state index contributed by atoms with van der Waals surface area (Å²) in [6.45, 7) is 13.6. The van der Waals surface area contributed by atoms with E-state index < -0.39 is 6.04 Å². The third-order valence-corrected chi connectivity index (χ3v) is 4.67. The fourth-order valence-electron chi connectivity index (χ4n) is 2.78. The van der Waals surface area contributed by atoms with Crippen molar-refractivity contribution in [3.8, 4) is 0 Å². The van der Waals surface area contributed by atoms with Gasteiger partial charge in [-0.25, -0.2) is 0 Å². The first kappa shape index (κ1) is 17.4. The van der Waals surface area contributed by atoms with Crippen molar-refractivity contribution in [1.29, 1.82) is 0 Å². The largest absolute Gasteiger partial charge is 0.353 e. The third-order valence-electron chi connectivity index (χ3n) is 4.67. The Bertz CT molecular complexity index is 315. The maximum Gasteiger partial charge on any atom is 0.237 e. The molecule has 118 valence electrons. The molecule has 0 aromatic heterocycles. The van der Waals surface area contributed by atoms with Crippen LogP contribution in [0.25, 0.3) is 0 Å². The summed E-state index contributed by atoms with van der Waals surface area (Å²) >= 11 is 0. The number of carbonyl (C=O) groups excluding carboxylic acids is 1. The van der Waals surface area contributed by atoms with Gasteiger partial charge in [-0.3, -0.25) is 9.69 Å². The third kappa shape index (κ3) is 4.74. The topological polar surface area (TPSA) is 58.4 Å². The van der Waals surface area contributed by atoms with Crippen LogP contribution in [0.15, 0.2) is 0 Å². The van der Waals surface area contributed by atoms with E-state index in [0.717, 1.165) is 19.0 Å². The van der Waals surface area contributed by atoms with Gasteiger partial charge in [-0.2, -0.15) is 0 Å². The van der Waals surface area contributed by atoms with Gasteiger partial charge in [0.2, 0.25) is 5.91 Å². The molecule has 0 aliphatic carbocycles. The Balaban J connectivity index is 2.50. The van der Waals surface area contributed by atoms with Crippen LogP contribution in [0.5, 0.6) is 0 Å². The zero-order valence-corrected chi connectivity index (χ0v) is 13.9. The van der Waals surface area contributed by atoms with E-state index in [0.29, 0.717) is 6.54 Å². The Morgan fingerprint density at radius 2 is 2.10 bits per heavy atom. The highest BCUT2D eigenvalue weighted by molar-refractivity contribution is 5.81. The van der Waals surface area contributed by atoms with Crippen molar-refractivity contribution >= 4 is 5.91 Å². The second kappa shape index (κ2) is 7.41. The first-order valence-electron chi connectivity index (χ1n) is 8.06. The number of amides is 1. The highest BCUT2D eigenvalue weighted by Crippen LogP contribution is 2.25. The normalized spacial score (nSPS) is 22.9. The molecule has 1 fully saturated rings. The number of nitrogens with two attached hydrogens (primary N) is 1. The molecule has 2 atom stereocenters. The van der Waals surface area contributed by atoms with Crippen molar-refractivity contribution in [2.24, 2.45) is 17.6 Å². The number of likely N-dealkylation sites (tertiary alicyclic amines) is 1. The van der Waals surface area contributed by atoms with Gasteiger partial charge in [0, 0.05) is 18.6 Å². The molecule has 1 unspecified atom stereocenters. The van der Waals surface area contributed by atoms with Crippen LogP contribution in [0.2, 0.25) is 0 Å². The van der Waals surface area contributed by atoms with Gasteiger partial charge in [0.15, 0.2) is 0 Å². The van der Waals surface area contributed by atoms with Crippen LogP contribution in [-0.4, -0.2) is 42.0 Å². The van der Waals surface area contributed by atoms with E-state index >= 15 is 0 Å². The number of nitrogens with zero attached hydrogens (tertiary/aromatic N) is 1. The number of rotatable bonds is 6. The summed E-state index contributed by atoms with van der Waals surface area (Å²) in [5.74, 6) is 0.950. The number of carbonyl (C=O) groups is 1. The smallest absolute Gasteiger partial charge is 0.237 e. The first-order chi connectivity index (χ1) is 9.27. The molecule has 0 aromatic carbocycles. The molecule has 0 aromatic rings. The van der Waals surface area contributed by atoms with E-state index in [2.05, 4.69) is 31.0 Å². The van der Waals surface area contributed by atoms with Crippen LogP contribution >= 0.6 is 0 Å². The molecule has 0 spiro atoms. The molecular weight excluding hydrogens is 250 g/mol. The molecule has 1 rings (SSSR count). The standard InChI is InChI=1S/C16H33N3O/c1-6-13-8-7-9-19(10-13)16(4,5)11-18-15(20)14(17)12(2)3/h12-14H,6-11,17H2,1-5H3,(H,18,20)/t13?,14-/m0/s1. The van der Waals surface area contributed by atoms with E-state index in [-0.39, 0.29) is 17.4 Å². The van der Waals surface area contributed by atoms with Crippen LogP contribution in [0.4, 0.5) is 0 Å². The Hall–Kier alpha value is -0.610. The zero-order valence-electron chi connectivity index (χ0n) is 13.9. The number of hydrogen-bond donors (Lipinski definition) is 2. The van der Waals surface area contributed by atoms with Crippen molar-refractivity contribution in [2.45, 2.75) is 65.5 Å². The number of hydrogen-bond acceptors (Lipinski definition) is 3. The van der Waals surface area contributed by atoms with E-state index in [4.69, 9.17) is 5.73 Å². The Kier molecular flexibility index (Phi) is 6.46. The van der Waals surface area contributed by atoms with Crippen molar-refractivity contribution in [3.05, 3.63) is 0 Å². The monoisotopic (exact) mass is 283 g/mol. The van der Waals surface area contributed by atoms with Crippen LogP contribution in [-0.2, 0) is 4.79 Å². The summed E-state index contributed by atoms with van der Waals surface area (Å²) in [4.78, 5) is 14.5. The minimum Gasteiger partial charge on any atom is -0.353 e. The summed E-state index contributed by atoms with van der Waals surface area (Å²) in [6.07, 6.45) is 3.85. The van der Waals surface area contributed by atoms with Crippen LogP contribution in [0.1, 0.15) is 53.9 Å². The Labute approximate surface area is 124 Å². The molecule has 0 saturated carbocycles. The molecule has 3 N–H and O–H groups in total. The Morgan fingerprint density at radius 3 is 2.65 bits per heavy atom. The highest BCUT2D eigenvalue weighted by atomic mass is 16.2. The van der Waals surface area contributed by atoms with Gasteiger partial charge in [0.1, 0.15) is 0 Å². The molecule has 1 amide bonds. The molecule has 1 saturated heterocycles. The molecule has 1 heterocycles. The lowest BCUT2D eigenvalue weighted by Gasteiger charge is -2.43. The number of nitrogens with one attached hydrogen (secondary N) is 1. The fourth-order valence-corrected chi connectivity index (χ4v) is 2.78. The fraction of sp³-hybridized carbons (Fsp3) is 0.938. The van der Waals surface area contributed by atoms with Crippen molar-refractivity contribution in [1.82, 2.24) is 10.2 Å². The Morgan fingerprint density at radius 1 is 1.45 bits per heavy atom. The maximum absolute atomic E-state index is 12.0. The van der Waals surface area contributed by atoms with Gasteiger partial charge < -0.3 is 11.1 Å². The molecule has 4 nitrogen and oxygen atoms in total. The molecular formula is C16H33N3O. The predicted molar refractivity (Wildman–Crippen MR) is 84.5 cm³/mol. The molecule has 0 radical (unpaired) electrons. The van der Waals surface area contributed by atoms with E-state index in [9.17, 15) is 4.79 Å². The van der Waals surface area contributed by atoms with Gasteiger partial charge in [0.05, 0.1) is 6.04 Å². The second-order valence-corrected chi connectivity index (χ2v) is 7.16. The van der Waals surface area contributed by atoms with Crippen molar-refractivity contribution in [3.63, 3.8) is 0 Å². The lowest BCUT2D eigenvalue weighted by atomic mass is 9.91. The van der Waals surface area contributed by atoms with Crippen LogP contribution < -0.4 is 11.1 Å². The minimum absolute atomic E-state index is 0.000198. The summed E-state index contributed by atoms with van der Waals surface area (Å²) < 4.78 is 0. The van der Waals surface area contributed by atoms with Crippen molar-refractivity contribution in [2.75, 3.05) is 19.6 Å². The van der Waals surface area contributed by atoms with Gasteiger partial charge in [-0.1, -0.05) is 27.2 Å². The summed E-state index contributed by atoms with van der Waals surface area (Å²) in [6, 6.07) is -0.407. The first-order valence-corrected chi connectivity index (χ1v) is 8.06. The van der Waals surface area contributed by atoms with Gasteiger partial charge in [0.25, 0.3) is 0 Å². The summed E-state index contributed by atoms with van der Waals surface area (Å²) in [7, 11) is 0. The van der Waals surface area contributed by atoms with Crippen LogP contribution in [0, 0.1) is 11.8 Å². The average Bonchev–Trinajstić information content (AvgIpc) is 2.43. The summed E-state index contributed by atoms with van der Waals surface area (Å²) in [5, 5.41) is 3.03. The van der Waals surface area contributed by atoms with Crippen molar-refractivity contribution < 1.29 is 4.79 Å². The van der Waals surface area contributed by atoms with E-state index in [1.54, 1.807) is 0 Å². The lowest BCUT2D eigenvalue weighted by molar-refractivity contribution is -0.123.